The molecule has 3 aromatic rings. The van der Waals surface area contributed by atoms with E-state index in [2.05, 4.69) is 14.8 Å². The molecule has 0 radical (unpaired) electrons. The summed E-state index contributed by atoms with van der Waals surface area (Å²) in [6.07, 6.45) is 2.37. The molecule has 1 amide bonds. The number of nitrogens with one attached hydrogen (secondary N) is 1. The van der Waals surface area contributed by atoms with Crippen molar-refractivity contribution in [2.45, 2.75) is 6.42 Å². The van der Waals surface area contributed by atoms with Gasteiger partial charge in [-0.3, -0.25) is 14.6 Å². The van der Waals surface area contributed by atoms with Crippen LogP contribution in [-0.4, -0.2) is 90.6 Å². The number of piperazine rings is 1. The van der Waals surface area contributed by atoms with E-state index in [4.69, 9.17) is 4.99 Å². The summed E-state index contributed by atoms with van der Waals surface area (Å²) in [5.74, 6) is -0.896. The van der Waals surface area contributed by atoms with E-state index in [-0.39, 0.29) is 10.9 Å². The number of benzene rings is 2. The number of nitrogens with zero attached hydrogens (tertiary/aromatic N) is 4. The Morgan fingerprint density at radius 3 is 2.41 bits per heavy atom. The number of Topliss-reactive ketones (excluding diaryl/α,β-unsaturated/α-hetero) is 1. The first-order valence-corrected chi connectivity index (χ1v) is 11.5. The topological polar surface area (TPSA) is 72.0 Å². The second-order valence-corrected chi connectivity index (χ2v) is 8.70. The molecule has 0 saturated carbocycles. The Bertz CT molecular complexity index is 1180. The lowest BCUT2D eigenvalue weighted by Gasteiger charge is -2.36. The van der Waals surface area contributed by atoms with Gasteiger partial charge in [0.25, 0.3) is 11.7 Å². The number of amidine groups is 1. The number of hydrogen-bond donors (Lipinski definition) is 1. The molecule has 1 aromatic heterocycles. The molecule has 0 spiro atoms. The molecule has 1 aliphatic heterocycles. The van der Waals surface area contributed by atoms with Gasteiger partial charge in [-0.05, 0) is 39.2 Å². The monoisotopic (exact) mass is 463 g/mol. The molecular weight excluding hydrogens is 433 g/mol. The molecule has 7 nitrogen and oxygen atoms in total. The zero-order valence-electron chi connectivity index (χ0n) is 19.6. The zero-order chi connectivity index (χ0) is 24.1. The summed E-state index contributed by atoms with van der Waals surface area (Å²) in [7, 11) is 4.09. The number of fused-ring (bicyclic) bond motifs is 1. The van der Waals surface area contributed by atoms with Gasteiger partial charge in [0, 0.05) is 55.4 Å². The van der Waals surface area contributed by atoms with Gasteiger partial charge in [-0.15, -0.1) is 0 Å². The van der Waals surface area contributed by atoms with Crippen LogP contribution < -0.4 is 0 Å². The zero-order valence-corrected chi connectivity index (χ0v) is 19.6. The van der Waals surface area contributed by atoms with Crippen molar-refractivity contribution in [1.29, 1.82) is 0 Å². The molecule has 1 N–H and O–H groups in total. The van der Waals surface area contributed by atoms with Crippen molar-refractivity contribution >= 4 is 28.4 Å². The van der Waals surface area contributed by atoms with Crippen molar-refractivity contribution in [3.8, 4) is 0 Å². The minimum Gasteiger partial charge on any atom is -0.360 e. The molecule has 34 heavy (non-hydrogen) atoms. The van der Waals surface area contributed by atoms with Gasteiger partial charge in [0.15, 0.2) is 0 Å². The molecule has 0 bridgehead atoms. The lowest BCUT2D eigenvalue weighted by Crippen LogP contribution is -2.52. The summed E-state index contributed by atoms with van der Waals surface area (Å²) in [5.41, 5.74) is 1.62. The third-order valence-electron chi connectivity index (χ3n) is 6.02. The number of aromatic nitrogens is 1. The SMILES string of the molecule is CN(C)CCCN=C(c1ccccc1)N1CCN(C(=O)C(=O)c2c[nH]c3cccc(F)c23)CC1. The minimum absolute atomic E-state index is 0.0768. The fourth-order valence-corrected chi connectivity index (χ4v) is 4.23. The highest BCUT2D eigenvalue weighted by atomic mass is 19.1. The van der Waals surface area contributed by atoms with E-state index < -0.39 is 17.5 Å². The molecule has 178 valence electrons. The van der Waals surface area contributed by atoms with Gasteiger partial charge in [0.05, 0.1) is 5.56 Å². The van der Waals surface area contributed by atoms with E-state index >= 15 is 0 Å². The Balaban J connectivity index is 1.44. The highest BCUT2D eigenvalue weighted by Gasteiger charge is 2.30. The normalized spacial score (nSPS) is 14.8. The number of rotatable bonds is 7. The second kappa shape index (κ2) is 10.6. The van der Waals surface area contributed by atoms with Crippen molar-refractivity contribution in [3.63, 3.8) is 0 Å². The number of aromatic amines is 1. The van der Waals surface area contributed by atoms with Crippen LogP contribution in [-0.2, 0) is 4.79 Å². The average Bonchev–Trinajstić information content (AvgIpc) is 3.29. The molecule has 2 heterocycles. The van der Waals surface area contributed by atoms with Gasteiger partial charge in [0.1, 0.15) is 11.7 Å². The lowest BCUT2D eigenvalue weighted by molar-refractivity contribution is -0.127. The van der Waals surface area contributed by atoms with E-state index in [1.165, 1.54) is 12.3 Å². The van der Waals surface area contributed by atoms with E-state index in [1.807, 2.05) is 44.4 Å². The number of halogens is 1. The highest BCUT2D eigenvalue weighted by Crippen LogP contribution is 2.23. The maximum absolute atomic E-state index is 14.3. The molecule has 0 unspecified atom stereocenters. The van der Waals surface area contributed by atoms with Gasteiger partial charge in [0.2, 0.25) is 0 Å². The Kier molecular flexibility index (Phi) is 7.37. The van der Waals surface area contributed by atoms with Crippen molar-refractivity contribution in [3.05, 3.63) is 71.7 Å². The van der Waals surface area contributed by atoms with Crippen molar-refractivity contribution in [1.82, 2.24) is 19.7 Å². The summed E-state index contributed by atoms with van der Waals surface area (Å²) in [4.78, 5) is 39.5. The van der Waals surface area contributed by atoms with Gasteiger partial charge in [-0.1, -0.05) is 36.4 Å². The third kappa shape index (κ3) is 5.17. The fraction of sp³-hybridized carbons (Fsp3) is 0.346. The molecule has 8 heteroatoms. The van der Waals surface area contributed by atoms with Crippen LogP contribution in [0.3, 0.4) is 0 Å². The number of carbonyl (C=O) groups is 2. The number of H-pyrrole nitrogens is 1. The smallest absolute Gasteiger partial charge is 0.295 e. The first-order chi connectivity index (χ1) is 16.5. The standard InChI is InChI=1S/C26H30FN5O2/c1-30(2)13-7-12-28-25(19-8-4-3-5-9-19)31-14-16-32(17-15-31)26(34)24(33)20-18-29-22-11-6-10-21(27)23(20)22/h3-6,8-11,18,29H,7,12-17H2,1-2H3. The van der Waals surface area contributed by atoms with Gasteiger partial charge in [-0.25, -0.2) is 4.39 Å². The molecule has 0 aliphatic carbocycles. The first kappa shape index (κ1) is 23.6. The van der Waals surface area contributed by atoms with Crippen LogP contribution in [0.5, 0.6) is 0 Å². The van der Waals surface area contributed by atoms with Gasteiger partial charge >= 0.3 is 0 Å². The summed E-state index contributed by atoms with van der Waals surface area (Å²) in [6.45, 7) is 3.62. The fourth-order valence-electron chi connectivity index (χ4n) is 4.23. The van der Waals surface area contributed by atoms with E-state index in [0.717, 1.165) is 24.4 Å². The summed E-state index contributed by atoms with van der Waals surface area (Å²) >= 11 is 0. The minimum atomic E-state index is -0.689. The Labute approximate surface area is 198 Å². The van der Waals surface area contributed by atoms with Crippen LogP contribution in [0.4, 0.5) is 4.39 Å². The van der Waals surface area contributed by atoms with Crippen LogP contribution in [0, 0.1) is 5.82 Å². The summed E-state index contributed by atoms with van der Waals surface area (Å²) in [6, 6.07) is 14.6. The average molecular weight is 464 g/mol. The maximum Gasteiger partial charge on any atom is 0.295 e. The number of aliphatic imine (C=N–C) groups is 1. The van der Waals surface area contributed by atoms with Crippen molar-refractivity contribution in [2.75, 3.05) is 53.4 Å². The molecule has 1 saturated heterocycles. The quantitative estimate of drug-likeness (QED) is 0.192. The number of amides is 1. The van der Waals surface area contributed by atoms with Gasteiger partial charge < -0.3 is 19.7 Å². The number of carbonyl (C=O) groups excluding carboxylic acids is 2. The number of ketones is 1. The van der Waals surface area contributed by atoms with Crippen LogP contribution in [0.25, 0.3) is 10.9 Å². The van der Waals surface area contributed by atoms with Crippen LogP contribution in [0.15, 0.2) is 59.7 Å². The van der Waals surface area contributed by atoms with E-state index in [1.54, 1.807) is 17.0 Å². The predicted molar refractivity (Wildman–Crippen MR) is 132 cm³/mol. The summed E-state index contributed by atoms with van der Waals surface area (Å²) < 4.78 is 14.3. The molecule has 4 rings (SSSR count). The third-order valence-corrected chi connectivity index (χ3v) is 6.02. The molecule has 1 aliphatic rings. The Morgan fingerprint density at radius 1 is 1.00 bits per heavy atom. The molecule has 0 atom stereocenters. The molecule has 2 aromatic carbocycles. The van der Waals surface area contributed by atoms with Gasteiger partial charge in [-0.2, -0.15) is 0 Å². The largest absolute Gasteiger partial charge is 0.360 e. The molecular formula is C26H30FN5O2. The first-order valence-electron chi connectivity index (χ1n) is 11.5. The Hall–Kier alpha value is -3.52. The maximum atomic E-state index is 14.3. The predicted octanol–water partition coefficient (Wildman–Crippen LogP) is 3.03. The summed E-state index contributed by atoms with van der Waals surface area (Å²) in [5, 5.41) is 0.163. The lowest BCUT2D eigenvalue weighted by atomic mass is 10.1. The highest BCUT2D eigenvalue weighted by molar-refractivity contribution is 6.44. The van der Waals surface area contributed by atoms with Crippen molar-refractivity contribution < 1.29 is 14.0 Å². The van der Waals surface area contributed by atoms with Crippen LogP contribution in [0.2, 0.25) is 0 Å². The van der Waals surface area contributed by atoms with Crippen LogP contribution in [0.1, 0.15) is 22.3 Å². The van der Waals surface area contributed by atoms with Crippen LogP contribution >= 0.6 is 0 Å². The van der Waals surface area contributed by atoms with E-state index in [0.29, 0.717) is 38.2 Å². The van der Waals surface area contributed by atoms with Crippen molar-refractivity contribution in [2.24, 2.45) is 4.99 Å². The second-order valence-electron chi connectivity index (χ2n) is 8.70. The van der Waals surface area contributed by atoms with E-state index in [9.17, 15) is 14.0 Å². The number of hydrogen-bond acceptors (Lipinski definition) is 4. The molecule has 1 fully saturated rings. The Morgan fingerprint density at radius 2 is 1.71 bits per heavy atom.